The molecular weight excluding hydrogens is 376 g/mol. The number of ether oxygens (including phenoxy) is 2. The maximum atomic E-state index is 12.2. The Morgan fingerprint density at radius 2 is 1.57 bits per heavy atom. The highest BCUT2D eigenvalue weighted by Gasteiger charge is 2.11. The van der Waals surface area contributed by atoms with E-state index in [2.05, 4.69) is 16.9 Å². The molecule has 5 nitrogen and oxygen atoms in total. The van der Waals surface area contributed by atoms with Crippen LogP contribution in [0.1, 0.15) is 63.9 Å². The van der Waals surface area contributed by atoms with Gasteiger partial charge >= 0.3 is 0 Å². The maximum absolute atomic E-state index is 12.2. The molecule has 30 heavy (non-hydrogen) atoms. The van der Waals surface area contributed by atoms with E-state index in [0.29, 0.717) is 35.6 Å². The largest absolute Gasteiger partial charge is 0.490 e. The van der Waals surface area contributed by atoms with Gasteiger partial charge in [-0.3, -0.25) is 4.79 Å². The van der Waals surface area contributed by atoms with E-state index in [-0.39, 0.29) is 5.56 Å². The number of nitrogens with one attached hydrogen (secondary N) is 1. The normalized spacial score (nSPS) is 11.0. The molecule has 0 fully saturated rings. The quantitative estimate of drug-likeness (QED) is 0.351. The fourth-order valence-electron chi connectivity index (χ4n) is 3.46. The van der Waals surface area contributed by atoms with Gasteiger partial charge < -0.3 is 14.5 Å². The minimum absolute atomic E-state index is 0.175. The molecule has 160 valence electrons. The lowest BCUT2D eigenvalue weighted by molar-refractivity contribution is 0.257. The van der Waals surface area contributed by atoms with Crippen LogP contribution in [0.3, 0.4) is 0 Å². The molecule has 0 saturated heterocycles. The maximum Gasteiger partial charge on any atom is 0.258 e. The standard InChI is InChI=1S/C25H32N2O3/c1-2-3-4-5-6-7-8-12-15-29-23-16-21-22(26-19-27-25(21)28)17-24(23)30-18-20-13-10-9-11-14-20/h9-11,13-14,16-17,19H,2-8,12,15,18H2,1H3,(H,26,27,28). The van der Waals surface area contributed by atoms with Gasteiger partial charge in [0.05, 0.1) is 23.8 Å². The predicted octanol–water partition coefficient (Wildman–Crippen LogP) is 6.02. The van der Waals surface area contributed by atoms with Crippen LogP contribution in [0.2, 0.25) is 0 Å². The molecule has 0 atom stereocenters. The van der Waals surface area contributed by atoms with Crippen LogP contribution < -0.4 is 15.0 Å². The molecule has 0 radical (unpaired) electrons. The summed E-state index contributed by atoms with van der Waals surface area (Å²) in [6.45, 7) is 3.29. The number of nitrogens with zero attached hydrogens (tertiary/aromatic N) is 1. The highest BCUT2D eigenvalue weighted by Crippen LogP contribution is 2.31. The molecule has 0 bridgehead atoms. The van der Waals surface area contributed by atoms with E-state index in [0.717, 1.165) is 18.4 Å². The van der Waals surface area contributed by atoms with Crippen LogP contribution in [0.15, 0.2) is 53.6 Å². The number of unbranched alkanes of at least 4 members (excludes halogenated alkanes) is 7. The van der Waals surface area contributed by atoms with Crippen LogP contribution >= 0.6 is 0 Å². The van der Waals surface area contributed by atoms with E-state index in [4.69, 9.17) is 9.47 Å². The molecule has 0 aliphatic heterocycles. The van der Waals surface area contributed by atoms with Crippen LogP contribution in [0.5, 0.6) is 11.5 Å². The molecule has 3 aromatic rings. The van der Waals surface area contributed by atoms with Crippen molar-refractivity contribution >= 4 is 10.9 Å². The first kappa shape index (κ1) is 21.9. The second-order valence-electron chi connectivity index (χ2n) is 7.65. The Labute approximate surface area is 178 Å². The first-order valence-electron chi connectivity index (χ1n) is 11.1. The molecule has 2 aromatic carbocycles. The number of fused-ring (bicyclic) bond motifs is 1. The molecule has 1 heterocycles. The number of H-pyrrole nitrogens is 1. The Balaban J connectivity index is 1.59. The molecule has 0 aliphatic rings. The summed E-state index contributed by atoms with van der Waals surface area (Å²) in [6, 6.07) is 13.5. The van der Waals surface area contributed by atoms with E-state index in [1.54, 1.807) is 12.1 Å². The van der Waals surface area contributed by atoms with Gasteiger partial charge in [-0.1, -0.05) is 82.2 Å². The first-order chi connectivity index (χ1) is 14.8. The molecule has 0 spiro atoms. The zero-order valence-corrected chi connectivity index (χ0v) is 17.9. The number of hydrogen-bond donors (Lipinski definition) is 1. The number of rotatable bonds is 13. The monoisotopic (exact) mass is 408 g/mol. The molecule has 0 saturated carbocycles. The summed E-state index contributed by atoms with van der Waals surface area (Å²) in [7, 11) is 0. The summed E-state index contributed by atoms with van der Waals surface area (Å²) >= 11 is 0. The van der Waals surface area contributed by atoms with Gasteiger partial charge in [-0.15, -0.1) is 0 Å². The zero-order valence-electron chi connectivity index (χ0n) is 17.9. The highest BCUT2D eigenvalue weighted by atomic mass is 16.5. The minimum Gasteiger partial charge on any atom is -0.490 e. The van der Waals surface area contributed by atoms with Gasteiger partial charge in [0, 0.05) is 6.07 Å². The highest BCUT2D eigenvalue weighted by molar-refractivity contribution is 5.81. The average Bonchev–Trinajstić information content (AvgIpc) is 2.77. The van der Waals surface area contributed by atoms with Gasteiger partial charge in [-0.2, -0.15) is 0 Å². The molecule has 0 amide bonds. The summed E-state index contributed by atoms with van der Waals surface area (Å²) in [5.74, 6) is 1.21. The number of hydrogen-bond acceptors (Lipinski definition) is 4. The van der Waals surface area contributed by atoms with Gasteiger partial charge in [0.2, 0.25) is 0 Å². The van der Waals surface area contributed by atoms with Gasteiger partial charge in [0.15, 0.2) is 11.5 Å². The van der Waals surface area contributed by atoms with Crippen molar-refractivity contribution in [1.82, 2.24) is 9.97 Å². The Kier molecular flexibility index (Phi) is 8.76. The first-order valence-corrected chi connectivity index (χ1v) is 11.1. The molecule has 0 unspecified atom stereocenters. The molecule has 0 aliphatic carbocycles. The van der Waals surface area contributed by atoms with Crippen molar-refractivity contribution in [2.45, 2.75) is 64.9 Å². The molecule has 5 heteroatoms. The third kappa shape index (κ3) is 6.61. The zero-order chi connectivity index (χ0) is 21.0. The van der Waals surface area contributed by atoms with Crippen molar-refractivity contribution in [3.05, 3.63) is 64.7 Å². The second kappa shape index (κ2) is 12.0. The van der Waals surface area contributed by atoms with Gasteiger partial charge in [-0.05, 0) is 18.1 Å². The van der Waals surface area contributed by atoms with Crippen LogP contribution in [0.25, 0.3) is 10.9 Å². The SMILES string of the molecule is CCCCCCCCCCOc1cc2c(=O)[nH]cnc2cc1OCc1ccccc1. The lowest BCUT2D eigenvalue weighted by Crippen LogP contribution is -2.08. The third-order valence-corrected chi connectivity index (χ3v) is 5.20. The lowest BCUT2D eigenvalue weighted by atomic mass is 10.1. The van der Waals surface area contributed by atoms with Crippen molar-refractivity contribution in [1.29, 1.82) is 0 Å². The van der Waals surface area contributed by atoms with Crippen molar-refractivity contribution in [3.8, 4) is 11.5 Å². The van der Waals surface area contributed by atoms with Crippen LogP contribution in [-0.4, -0.2) is 16.6 Å². The Bertz CT molecular complexity index is 954. The van der Waals surface area contributed by atoms with Crippen molar-refractivity contribution in [2.75, 3.05) is 6.61 Å². The topological polar surface area (TPSA) is 64.2 Å². The average molecular weight is 409 g/mol. The van der Waals surface area contributed by atoms with Crippen molar-refractivity contribution < 1.29 is 9.47 Å². The fourth-order valence-corrected chi connectivity index (χ4v) is 3.46. The minimum atomic E-state index is -0.175. The van der Waals surface area contributed by atoms with Crippen molar-refractivity contribution in [3.63, 3.8) is 0 Å². The smallest absolute Gasteiger partial charge is 0.258 e. The van der Waals surface area contributed by atoms with Crippen molar-refractivity contribution in [2.24, 2.45) is 0 Å². The van der Waals surface area contributed by atoms with E-state index in [1.807, 2.05) is 30.3 Å². The lowest BCUT2D eigenvalue weighted by Gasteiger charge is -2.14. The molecule has 1 aromatic heterocycles. The van der Waals surface area contributed by atoms with E-state index < -0.39 is 0 Å². The summed E-state index contributed by atoms with van der Waals surface area (Å²) in [5, 5.41) is 0.510. The van der Waals surface area contributed by atoms with Crippen LogP contribution in [0, 0.1) is 0 Å². The third-order valence-electron chi connectivity index (χ3n) is 5.20. The summed E-state index contributed by atoms with van der Waals surface area (Å²) in [5.41, 5.74) is 1.50. The number of aromatic amines is 1. The summed E-state index contributed by atoms with van der Waals surface area (Å²) in [4.78, 5) is 19.0. The van der Waals surface area contributed by atoms with E-state index >= 15 is 0 Å². The molecule has 3 rings (SSSR count). The molecule has 1 N–H and O–H groups in total. The van der Waals surface area contributed by atoms with E-state index in [9.17, 15) is 4.79 Å². The Morgan fingerprint density at radius 1 is 0.867 bits per heavy atom. The molecular formula is C25H32N2O3. The summed E-state index contributed by atoms with van der Waals surface area (Å²) in [6.07, 6.45) is 11.4. The Hall–Kier alpha value is -2.82. The van der Waals surface area contributed by atoms with Gasteiger partial charge in [0.1, 0.15) is 6.61 Å². The fraction of sp³-hybridized carbons (Fsp3) is 0.440. The second-order valence-corrected chi connectivity index (χ2v) is 7.65. The predicted molar refractivity (Wildman–Crippen MR) is 121 cm³/mol. The Morgan fingerprint density at radius 3 is 2.33 bits per heavy atom. The van der Waals surface area contributed by atoms with Crippen LogP contribution in [-0.2, 0) is 6.61 Å². The van der Waals surface area contributed by atoms with Gasteiger partial charge in [0.25, 0.3) is 5.56 Å². The van der Waals surface area contributed by atoms with E-state index in [1.165, 1.54) is 44.9 Å². The summed E-state index contributed by atoms with van der Waals surface area (Å²) < 4.78 is 12.1. The number of benzene rings is 2. The van der Waals surface area contributed by atoms with Crippen LogP contribution in [0.4, 0.5) is 0 Å². The van der Waals surface area contributed by atoms with Gasteiger partial charge in [-0.25, -0.2) is 4.98 Å². The number of aromatic nitrogens is 2.